The minimum atomic E-state index is -6.58. The zero-order valence-electron chi connectivity index (χ0n) is 25.9. The summed E-state index contributed by atoms with van der Waals surface area (Å²) in [5.74, 6) is -2.56. The molecule has 0 radical (unpaired) electrons. The summed E-state index contributed by atoms with van der Waals surface area (Å²) in [4.78, 5) is 28.4. The summed E-state index contributed by atoms with van der Waals surface area (Å²) < 4.78 is 112. The first-order valence-corrected chi connectivity index (χ1v) is 17.5. The SMILES string of the molecule is O=C(OC(C(F)(F)F)C(F)(F)S(=O)(=O)O)C12CC3CC(CC(COC(=O)C45c6ccccc6C(c6ccccc64)c4ccccc45)(C3)C1)C2. The van der Waals surface area contributed by atoms with Crippen LogP contribution in [0.25, 0.3) is 0 Å². The summed E-state index contributed by atoms with van der Waals surface area (Å²) in [6.07, 6.45) is -8.66. The Balaban J connectivity index is 1.13. The van der Waals surface area contributed by atoms with Crippen LogP contribution in [0.15, 0.2) is 72.8 Å². The van der Waals surface area contributed by atoms with E-state index < -0.39 is 55.8 Å². The van der Waals surface area contributed by atoms with Crippen LogP contribution in [-0.2, 0) is 34.6 Å². The average molecular weight is 703 g/mol. The summed E-state index contributed by atoms with van der Waals surface area (Å²) in [7, 11) is -6.58. The highest BCUT2D eigenvalue weighted by atomic mass is 32.2. The van der Waals surface area contributed by atoms with Gasteiger partial charge >= 0.3 is 33.5 Å². The van der Waals surface area contributed by atoms with Crippen LogP contribution in [0.5, 0.6) is 0 Å². The number of benzene rings is 3. The van der Waals surface area contributed by atoms with Gasteiger partial charge in [-0.05, 0) is 83.7 Å². The Kier molecular flexibility index (Phi) is 6.84. The summed E-state index contributed by atoms with van der Waals surface area (Å²) >= 11 is 0. The molecule has 0 aliphatic heterocycles. The third-order valence-corrected chi connectivity index (χ3v) is 12.5. The Hall–Kier alpha value is -3.84. The maximum atomic E-state index is 14.8. The fraction of sp³-hybridized carbons (Fsp3) is 0.444. The van der Waals surface area contributed by atoms with E-state index in [-0.39, 0.29) is 43.6 Å². The van der Waals surface area contributed by atoms with Gasteiger partial charge in [0.1, 0.15) is 5.41 Å². The lowest BCUT2D eigenvalue weighted by Gasteiger charge is -2.60. The van der Waals surface area contributed by atoms with Crippen molar-refractivity contribution in [1.29, 1.82) is 0 Å². The predicted molar refractivity (Wildman–Crippen MR) is 163 cm³/mol. The molecule has 4 fully saturated rings. The van der Waals surface area contributed by atoms with Crippen molar-refractivity contribution >= 4 is 22.1 Å². The molecule has 0 aromatic heterocycles. The van der Waals surface area contributed by atoms with Crippen molar-refractivity contribution in [3.63, 3.8) is 0 Å². The number of hydrogen-bond donors (Lipinski definition) is 1. The lowest BCUT2D eigenvalue weighted by molar-refractivity contribution is -0.268. The Morgan fingerprint density at radius 2 is 1.24 bits per heavy atom. The molecule has 3 aromatic carbocycles. The molecule has 7 nitrogen and oxygen atoms in total. The molecule has 7 aliphatic rings. The molecule has 0 saturated heterocycles. The quantitative estimate of drug-likeness (QED) is 0.162. The summed E-state index contributed by atoms with van der Waals surface area (Å²) in [5.41, 5.74) is 1.56. The van der Waals surface area contributed by atoms with Gasteiger partial charge in [0.2, 0.25) is 0 Å². The zero-order valence-corrected chi connectivity index (χ0v) is 26.7. The number of alkyl halides is 5. The fourth-order valence-electron chi connectivity index (χ4n) is 10.4. The Morgan fingerprint density at radius 3 is 1.69 bits per heavy atom. The Bertz CT molecular complexity index is 1880. The number of halogens is 5. The van der Waals surface area contributed by atoms with Gasteiger partial charge in [-0.3, -0.25) is 14.1 Å². The van der Waals surface area contributed by atoms with Crippen molar-refractivity contribution in [2.45, 2.75) is 67.4 Å². The van der Waals surface area contributed by atoms with Gasteiger partial charge in [0.15, 0.2) is 0 Å². The van der Waals surface area contributed by atoms with E-state index in [0.717, 1.165) is 33.4 Å². The first-order chi connectivity index (χ1) is 23.0. The molecular weight excluding hydrogens is 671 g/mol. The minimum Gasteiger partial charge on any atom is -0.464 e. The highest BCUT2D eigenvalue weighted by molar-refractivity contribution is 7.86. The number of carbonyl (C=O) groups excluding carboxylic acids is 2. The summed E-state index contributed by atoms with van der Waals surface area (Å²) in [5, 5.41) is -5.82. The molecule has 13 heteroatoms. The molecule has 6 bridgehead atoms. The van der Waals surface area contributed by atoms with Crippen LogP contribution in [0.3, 0.4) is 0 Å². The molecule has 258 valence electrons. The molecule has 3 aromatic rings. The maximum Gasteiger partial charge on any atom is 0.432 e. The highest BCUT2D eigenvalue weighted by Gasteiger charge is 2.69. The molecule has 0 amide bonds. The van der Waals surface area contributed by atoms with Gasteiger partial charge < -0.3 is 9.47 Å². The maximum absolute atomic E-state index is 14.8. The second-order valence-electron chi connectivity index (χ2n) is 14.6. The van der Waals surface area contributed by atoms with Gasteiger partial charge in [0.05, 0.1) is 12.0 Å². The Morgan fingerprint density at radius 1 is 0.776 bits per heavy atom. The number of hydrogen-bond acceptors (Lipinski definition) is 6. The van der Waals surface area contributed by atoms with Crippen LogP contribution in [0, 0.1) is 22.7 Å². The van der Waals surface area contributed by atoms with E-state index in [1.165, 1.54) is 0 Å². The molecule has 3 unspecified atom stereocenters. The third kappa shape index (κ3) is 4.49. The van der Waals surface area contributed by atoms with Crippen molar-refractivity contribution in [3.05, 3.63) is 106 Å². The largest absolute Gasteiger partial charge is 0.464 e. The van der Waals surface area contributed by atoms with Crippen molar-refractivity contribution in [3.8, 4) is 0 Å². The molecule has 7 aliphatic carbocycles. The first kappa shape index (κ1) is 32.4. The van der Waals surface area contributed by atoms with Crippen LogP contribution in [-0.4, -0.2) is 49.1 Å². The van der Waals surface area contributed by atoms with Gasteiger partial charge in [-0.25, -0.2) is 0 Å². The van der Waals surface area contributed by atoms with Gasteiger partial charge in [-0.15, -0.1) is 0 Å². The normalized spacial score (nSPS) is 31.3. The van der Waals surface area contributed by atoms with Crippen LogP contribution < -0.4 is 0 Å². The summed E-state index contributed by atoms with van der Waals surface area (Å²) in [6, 6.07) is 23.1. The number of carbonyl (C=O) groups is 2. The Labute approximate surface area is 278 Å². The monoisotopic (exact) mass is 702 g/mol. The van der Waals surface area contributed by atoms with E-state index in [0.29, 0.717) is 19.3 Å². The van der Waals surface area contributed by atoms with Crippen LogP contribution in [0.4, 0.5) is 22.0 Å². The molecule has 0 spiro atoms. The standard InChI is InChI=1S/C36H31F5O7S/c37-35(38,39)29(36(40,41)49(44,45)46)48-30(42)33-16-20-13-21(17-33)15-32(14-20,18-33)19-47-31(43)34-25-10-4-1-7-22(25)28(23-8-2-5-11-26(23)34)24-9-3-6-12-27(24)34/h1-12,20-21,28-29H,13-19H2,(H,44,45,46). The van der Waals surface area contributed by atoms with E-state index in [1.54, 1.807) is 0 Å². The molecule has 0 heterocycles. The highest BCUT2D eigenvalue weighted by Crippen LogP contribution is 2.66. The predicted octanol–water partition coefficient (Wildman–Crippen LogP) is 6.91. The lowest BCUT2D eigenvalue weighted by Crippen LogP contribution is -2.59. The van der Waals surface area contributed by atoms with E-state index in [9.17, 15) is 40.0 Å². The topological polar surface area (TPSA) is 107 Å². The second kappa shape index (κ2) is 10.3. The molecule has 4 saturated carbocycles. The van der Waals surface area contributed by atoms with Crippen LogP contribution in [0.1, 0.15) is 77.8 Å². The van der Waals surface area contributed by atoms with Gasteiger partial charge in [0, 0.05) is 11.3 Å². The second-order valence-corrected chi connectivity index (χ2v) is 16.1. The fourth-order valence-corrected chi connectivity index (χ4v) is 10.9. The van der Waals surface area contributed by atoms with E-state index in [4.69, 9.17) is 9.29 Å². The van der Waals surface area contributed by atoms with Gasteiger partial charge in [0.25, 0.3) is 6.10 Å². The van der Waals surface area contributed by atoms with E-state index in [1.807, 2.05) is 72.8 Å². The number of esters is 2. The number of ether oxygens (including phenoxy) is 2. The smallest absolute Gasteiger partial charge is 0.432 e. The van der Waals surface area contributed by atoms with Crippen molar-refractivity contribution in [2.24, 2.45) is 22.7 Å². The van der Waals surface area contributed by atoms with Crippen molar-refractivity contribution in [1.82, 2.24) is 0 Å². The first-order valence-electron chi connectivity index (χ1n) is 16.1. The van der Waals surface area contributed by atoms with E-state index in [2.05, 4.69) is 4.74 Å². The molecule has 10 rings (SSSR count). The van der Waals surface area contributed by atoms with Crippen LogP contribution in [0.2, 0.25) is 0 Å². The molecular formula is C36H31F5O7S. The zero-order chi connectivity index (χ0) is 34.8. The van der Waals surface area contributed by atoms with Gasteiger partial charge in [-0.1, -0.05) is 72.8 Å². The van der Waals surface area contributed by atoms with Crippen LogP contribution >= 0.6 is 0 Å². The summed E-state index contributed by atoms with van der Waals surface area (Å²) in [6.45, 7) is -0.157. The third-order valence-electron chi connectivity index (χ3n) is 11.6. The van der Waals surface area contributed by atoms with E-state index >= 15 is 0 Å². The molecule has 49 heavy (non-hydrogen) atoms. The average Bonchev–Trinajstić information content (AvgIpc) is 3.04. The number of rotatable bonds is 7. The van der Waals surface area contributed by atoms with Crippen molar-refractivity contribution in [2.75, 3.05) is 6.61 Å². The molecule has 3 atom stereocenters. The lowest BCUT2D eigenvalue weighted by atomic mass is 9.44. The van der Waals surface area contributed by atoms with Crippen molar-refractivity contribution < 1.29 is 54.0 Å². The molecule has 1 N–H and O–H groups in total. The minimum absolute atomic E-state index is 0.0690. The van der Waals surface area contributed by atoms with Gasteiger partial charge in [-0.2, -0.15) is 30.4 Å².